The number of halogens is 3. The van der Waals surface area contributed by atoms with E-state index in [1.54, 1.807) is 12.1 Å². The van der Waals surface area contributed by atoms with Crippen LogP contribution in [0.15, 0.2) is 53.4 Å². The fourth-order valence-corrected chi connectivity index (χ4v) is 4.37. The van der Waals surface area contributed by atoms with Crippen molar-refractivity contribution < 1.29 is 21.6 Å². The van der Waals surface area contributed by atoms with Crippen LogP contribution in [0.5, 0.6) is 0 Å². The largest absolute Gasteiger partial charge is 0.417 e. The lowest BCUT2D eigenvalue weighted by Crippen LogP contribution is -2.36. The van der Waals surface area contributed by atoms with Crippen LogP contribution in [0.1, 0.15) is 16.7 Å². The zero-order valence-electron chi connectivity index (χ0n) is 12.0. The van der Waals surface area contributed by atoms with Gasteiger partial charge in [0.1, 0.15) is 0 Å². The summed E-state index contributed by atoms with van der Waals surface area (Å²) in [6.45, 7) is 0.260. The Kier molecular flexibility index (Phi) is 3.93. The van der Waals surface area contributed by atoms with Crippen molar-refractivity contribution in [3.05, 3.63) is 65.2 Å². The number of hydrogen-bond donors (Lipinski definition) is 0. The Labute approximate surface area is 132 Å². The van der Waals surface area contributed by atoms with Crippen molar-refractivity contribution in [1.82, 2.24) is 4.31 Å². The number of nitrogens with zero attached hydrogens (tertiary/aromatic N) is 1. The highest BCUT2D eigenvalue weighted by Gasteiger charge is 2.39. The maximum Gasteiger partial charge on any atom is 0.417 e. The Balaban J connectivity index is 2.01. The molecule has 0 saturated heterocycles. The maximum absolute atomic E-state index is 13.1. The maximum atomic E-state index is 13.1. The minimum Gasteiger partial charge on any atom is -0.207 e. The normalized spacial score (nSPS) is 16.1. The van der Waals surface area contributed by atoms with Crippen LogP contribution in [0.3, 0.4) is 0 Å². The van der Waals surface area contributed by atoms with E-state index in [2.05, 4.69) is 0 Å². The van der Waals surface area contributed by atoms with Crippen molar-refractivity contribution in [2.24, 2.45) is 0 Å². The number of rotatable bonds is 2. The molecule has 0 aromatic heterocycles. The van der Waals surface area contributed by atoms with Gasteiger partial charge in [-0.15, -0.1) is 0 Å². The molecular formula is C16H14F3NO2S. The molecule has 0 saturated carbocycles. The molecule has 1 aliphatic rings. The van der Waals surface area contributed by atoms with Gasteiger partial charge in [-0.25, -0.2) is 8.42 Å². The van der Waals surface area contributed by atoms with Crippen LogP contribution in [0.4, 0.5) is 13.2 Å². The fourth-order valence-electron chi connectivity index (χ4n) is 2.74. The molecule has 23 heavy (non-hydrogen) atoms. The second kappa shape index (κ2) is 5.65. The van der Waals surface area contributed by atoms with Gasteiger partial charge < -0.3 is 0 Å². The molecule has 2 aromatic rings. The Hall–Kier alpha value is -1.86. The monoisotopic (exact) mass is 341 g/mol. The molecule has 0 bridgehead atoms. The lowest BCUT2D eigenvalue weighted by atomic mass is 10.0. The number of sulfonamides is 1. The van der Waals surface area contributed by atoms with Crippen LogP contribution in [0.25, 0.3) is 0 Å². The molecule has 0 fully saturated rings. The predicted octanol–water partition coefficient (Wildman–Crippen LogP) is 3.45. The molecule has 1 heterocycles. The summed E-state index contributed by atoms with van der Waals surface area (Å²) in [6.07, 6.45) is -4.22. The molecule has 7 heteroatoms. The van der Waals surface area contributed by atoms with Crippen molar-refractivity contribution in [3.8, 4) is 0 Å². The van der Waals surface area contributed by atoms with Gasteiger partial charge in [0, 0.05) is 13.1 Å². The first-order chi connectivity index (χ1) is 10.8. The molecule has 0 spiro atoms. The third-order valence-corrected chi connectivity index (χ3v) is 5.81. The fraction of sp³-hybridized carbons (Fsp3) is 0.250. The lowest BCUT2D eigenvalue weighted by molar-refractivity contribution is -0.139. The van der Waals surface area contributed by atoms with Crippen LogP contribution >= 0.6 is 0 Å². The third-order valence-electron chi connectivity index (χ3n) is 3.91. The molecule has 0 unspecified atom stereocenters. The van der Waals surface area contributed by atoms with E-state index in [-0.39, 0.29) is 13.1 Å². The van der Waals surface area contributed by atoms with Crippen molar-refractivity contribution in [1.29, 1.82) is 0 Å². The van der Waals surface area contributed by atoms with Gasteiger partial charge in [0.2, 0.25) is 10.0 Å². The molecule has 0 N–H and O–H groups in total. The molecule has 0 amide bonds. The zero-order chi connectivity index (χ0) is 16.7. The first-order valence-electron chi connectivity index (χ1n) is 7.03. The van der Waals surface area contributed by atoms with Crippen molar-refractivity contribution >= 4 is 10.0 Å². The van der Waals surface area contributed by atoms with E-state index in [1.165, 1.54) is 12.1 Å². The highest BCUT2D eigenvalue weighted by atomic mass is 32.2. The van der Waals surface area contributed by atoms with Crippen LogP contribution in [0, 0.1) is 0 Å². The Morgan fingerprint density at radius 2 is 1.52 bits per heavy atom. The predicted molar refractivity (Wildman–Crippen MR) is 79.2 cm³/mol. The van der Waals surface area contributed by atoms with Gasteiger partial charge in [0.15, 0.2) is 0 Å². The smallest absolute Gasteiger partial charge is 0.207 e. The summed E-state index contributed by atoms with van der Waals surface area (Å²) < 4.78 is 65.8. The van der Waals surface area contributed by atoms with E-state index >= 15 is 0 Å². The molecule has 0 radical (unpaired) electrons. The molecule has 0 aliphatic carbocycles. The summed E-state index contributed by atoms with van der Waals surface area (Å²) in [5, 5.41) is 0. The van der Waals surface area contributed by atoms with Crippen molar-refractivity contribution in [3.63, 3.8) is 0 Å². The van der Waals surface area contributed by atoms with Crippen LogP contribution in [0.2, 0.25) is 0 Å². The minimum atomic E-state index is -4.71. The molecule has 0 atom stereocenters. The van der Waals surface area contributed by atoms with Gasteiger partial charge in [0.05, 0.1) is 10.5 Å². The summed E-state index contributed by atoms with van der Waals surface area (Å²) in [4.78, 5) is -0.688. The van der Waals surface area contributed by atoms with E-state index in [0.29, 0.717) is 6.42 Å². The molecule has 122 valence electrons. The van der Waals surface area contributed by atoms with Gasteiger partial charge in [0.25, 0.3) is 0 Å². The molecule has 1 aliphatic heterocycles. The first-order valence-corrected chi connectivity index (χ1v) is 8.47. The van der Waals surface area contributed by atoms with Gasteiger partial charge in [-0.3, -0.25) is 0 Å². The average molecular weight is 341 g/mol. The standard InChI is InChI=1S/C16H14F3NO2S/c17-16(18,19)14-7-3-4-8-15(14)23(21,22)20-10-9-12-5-1-2-6-13(12)11-20/h1-8H,9-11H2. The van der Waals surface area contributed by atoms with Crippen molar-refractivity contribution in [2.45, 2.75) is 24.0 Å². The summed E-state index contributed by atoms with van der Waals surface area (Å²) in [5.41, 5.74) is 0.730. The summed E-state index contributed by atoms with van der Waals surface area (Å²) in [5.74, 6) is 0. The van der Waals surface area contributed by atoms with E-state index in [0.717, 1.165) is 27.6 Å². The number of alkyl halides is 3. The molecule has 3 nitrogen and oxygen atoms in total. The first kappa shape index (κ1) is 16.0. The second-order valence-electron chi connectivity index (χ2n) is 5.35. The van der Waals surface area contributed by atoms with Crippen LogP contribution < -0.4 is 0 Å². The SMILES string of the molecule is O=S(=O)(c1ccccc1C(F)(F)F)N1CCc2ccccc2C1. The molecule has 3 rings (SSSR count). The summed E-state index contributed by atoms with van der Waals surface area (Å²) in [6, 6.07) is 11.7. The Morgan fingerprint density at radius 1 is 0.913 bits per heavy atom. The second-order valence-corrected chi connectivity index (χ2v) is 7.26. The summed E-state index contributed by atoms with van der Waals surface area (Å²) in [7, 11) is -4.21. The van der Waals surface area contributed by atoms with E-state index in [1.807, 2.05) is 12.1 Å². The minimum absolute atomic E-state index is 0.0880. The Morgan fingerprint density at radius 3 is 2.22 bits per heavy atom. The molecular weight excluding hydrogens is 327 g/mol. The highest BCUT2D eigenvalue weighted by molar-refractivity contribution is 7.89. The highest BCUT2D eigenvalue weighted by Crippen LogP contribution is 2.36. The number of hydrogen-bond acceptors (Lipinski definition) is 2. The molecule has 2 aromatic carbocycles. The Bertz CT molecular complexity index is 831. The number of fused-ring (bicyclic) bond motifs is 1. The van der Waals surface area contributed by atoms with Gasteiger partial charge in [-0.1, -0.05) is 36.4 Å². The van der Waals surface area contributed by atoms with Crippen LogP contribution in [-0.2, 0) is 29.2 Å². The average Bonchev–Trinajstić information content (AvgIpc) is 2.53. The number of benzene rings is 2. The lowest BCUT2D eigenvalue weighted by Gasteiger charge is -2.29. The van der Waals surface area contributed by atoms with Crippen LogP contribution in [-0.4, -0.2) is 19.3 Å². The summed E-state index contributed by atoms with van der Waals surface area (Å²) >= 11 is 0. The quantitative estimate of drug-likeness (QED) is 0.839. The van der Waals surface area contributed by atoms with Crippen molar-refractivity contribution in [2.75, 3.05) is 6.54 Å². The third kappa shape index (κ3) is 2.98. The van der Waals surface area contributed by atoms with E-state index in [4.69, 9.17) is 0 Å². The van der Waals surface area contributed by atoms with Gasteiger partial charge in [-0.05, 0) is 29.7 Å². The van der Waals surface area contributed by atoms with E-state index < -0.39 is 26.7 Å². The van der Waals surface area contributed by atoms with Gasteiger partial charge in [-0.2, -0.15) is 17.5 Å². The topological polar surface area (TPSA) is 37.4 Å². The van der Waals surface area contributed by atoms with Gasteiger partial charge >= 0.3 is 6.18 Å². The zero-order valence-corrected chi connectivity index (χ0v) is 12.9. The van der Waals surface area contributed by atoms with E-state index in [9.17, 15) is 21.6 Å².